The van der Waals surface area contributed by atoms with E-state index in [2.05, 4.69) is 0 Å². The molecule has 140 valence electrons. The molecular formula is C23H19NO3S. The largest absolute Gasteiger partial charge is 0.494 e. The van der Waals surface area contributed by atoms with Crippen molar-refractivity contribution in [2.24, 2.45) is 0 Å². The molecule has 5 heteroatoms. The van der Waals surface area contributed by atoms with E-state index in [9.17, 15) is 9.59 Å². The average molecular weight is 389 g/mol. The molecule has 0 saturated carbocycles. The van der Waals surface area contributed by atoms with Crippen molar-refractivity contribution >= 4 is 39.8 Å². The Kier molecular flexibility index (Phi) is 5.17. The smallest absolute Gasteiger partial charge is 0.293 e. The Bertz CT molecular complexity index is 1070. The van der Waals surface area contributed by atoms with Gasteiger partial charge in [0, 0.05) is 0 Å². The second kappa shape index (κ2) is 7.90. The number of fused-ring (bicyclic) bond motifs is 1. The number of nitrogens with zero attached hydrogens (tertiary/aromatic N) is 1. The van der Waals surface area contributed by atoms with Gasteiger partial charge >= 0.3 is 0 Å². The van der Waals surface area contributed by atoms with Crippen LogP contribution in [-0.4, -0.2) is 22.7 Å². The minimum Gasteiger partial charge on any atom is -0.494 e. The summed E-state index contributed by atoms with van der Waals surface area (Å²) in [6.45, 7) is 2.80. The fraction of sp³-hybridized carbons (Fsp3) is 0.130. The number of hydrogen-bond acceptors (Lipinski definition) is 4. The van der Waals surface area contributed by atoms with Crippen LogP contribution in [0.4, 0.5) is 4.79 Å². The number of ether oxygens (including phenoxy) is 1. The first-order chi connectivity index (χ1) is 13.7. The van der Waals surface area contributed by atoms with Crippen LogP contribution in [0.3, 0.4) is 0 Å². The molecular weight excluding hydrogens is 370 g/mol. The number of carbonyl (C=O) groups excluding carboxylic acids is 2. The molecule has 3 aromatic rings. The van der Waals surface area contributed by atoms with Gasteiger partial charge in [0.2, 0.25) is 0 Å². The summed E-state index contributed by atoms with van der Waals surface area (Å²) >= 11 is 0.983. The Morgan fingerprint density at radius 2 is 1.71 bits per heavy atom. The average Bonchev–Trinajstić information content (AvgIpc) is 2.97. The van der Waals surface area contributed by atoms with Crippen LogP contribution >= 0.6 is 11.8 Å². The van der Waals surface area contributed by atoms with Crippen molar-refractivity contribution in [2.45, 2.75) is 13.5 Å². The summed E-state index contributed by atoms with van der Waals surface area (Å²) in [5.74, 6) is 0.528. The maximum absolute atomic E-state index is 12.8. The van der Waals surface area contributed by atoms with E-state index in [0.717, 1.165) is 39.4 Å². The minimum atomic E-state index is -0.253. The maximum atomic E-state index is 12.8. The molecule has 1 saturated heterocycles. The van der Waals surface area contributed by atoms with Crippen molar-refractivity contribution in [2.75, 3.05) is 6.61 Å². The summed E-state index contributed by atoms with van der Waals surface area (Å²) in [6.07, 6.45) is 1.75. The number of carbonyl (C=O) groups is 2. The van der Waals surface area contributed by atoms with Gasteiger partial charge in [0.25, 0.3) is 11.1 Å². The molecule has 0 unspecified atom stereocenters. The highest BCUT2D eigenvalue weighted by Crippen LogP contribution is 2.34. The Balaban J connectivity index is 1.57. The third-order valence-corrected chi connectivity index (χ3v) is 5.48. The van der Waals surface area contributed by atoms with Gasteiger partial charge in [-0.15, -0.1) is 0 Å². The van der Waals surface area contributed by atoms with E-state index in [1.165, 1.54) is 4.90 Å². The van der Waals surface area contributed by atoms with Crippen LogP contribution in [0.5, 0.6) is 5.75 Å². The Morgan fingerprint density at radius 1 is 0.964 bits per heavy atom. The number of amides is 2. The van der Waals surface area contributed by atoms with Crippen LogP contribution in [0.2, 0.25) is 0 Å². The number of thioether (sulfide) groups is 1. The zero-order valence-electron chi connectivity index (χ0n) is 15.4. The molecule has 0 spiro atoms. The summed E-state index contributed by atoms with van der Waals surface area (Å²) in [5, 5.41) is 1.91. The van der Waals surface area contributed by atoms with Crippen molar-refractivity contribution in [3.8, 4) is 5.75 Å². The molecule has 0 N–H and O–H groups in total. The molecule has 1 heterocycles. The Labute approximate surface area is 167 Å². The molecule has 0 atom stereocenters. The lowest BCUT2D eigenvalue weighted by molar-refractivity contribution is -0.123. The molecule has 1 aliphatic heterocycles. The second-order valence-electron chi connectivity index (χ2n) is 6.41. The molecule has 28 heavy (non-hydrogen) atoms. The number of imide groups is 1. The third-order valence-electron chi connectivity index (χ3n) is 4.57. The lowest BCUT2D eigenvalue weighted by Crippen LogP contribution is -2.27. The number of rotatable bonds is 5. The van der Waals surface area contributed by atoms with Gasteiger partial charge in [-0.2, -0.15) is 0 Å². The van der Waals surface area contributed by atoms with E-state index in [4.69, 9.17) is 4.74 Å². The van der Waals surface area contributed by atoms with Crippen molar-refractivity contribution in [1.29, 1.82) is 0 Å². The molecule has 0 radical (unpaired) electrons. The molecule has 1 aliphatic rings. The van der Waals surface area contributed by atoms with E-state index in [0.29, 0.717) is 11.5 Å². The molecule has 0 bridgehead atoms. The highest BCUT2D eigenvalue weighted by Gasteiger charge is 2.35. The van der Waals surface area contributed by atoms with Crippen LogP contribution < -0.4 is 4.74 Å². The fourth-order valence-electron chi connectivity index (χ4n) is 3.22. The van der Waals surface area contributed by atoms with Gasteiger partial charge in [-0.1, -0.05) is 54.6 Å². The van der Waals surface area contributed by atoms with Crippen LogP contribution in [0.15, 0.2) is 71.6 Å². The van der Waals surface area contributed by atoms with Crippen molar-refractivity contribution in [3.63, 3.8) is 0 Å². The first kappa shape index (κ1) is 18.3. The molecule has 3 aromatic carbocycles. The van der Waals surface area contributed by atoms with Crippen LogP contribution in [-0.2, 0) is 11.3 Å². The first-order valence-corrected chi connectivity index (χ1v) is 9.92. The van der Waals surface area contributed by atoms with E-state index in [-0.39, 0.29) is 17.7 Å². The molecule has 1 fully saturated rings. The van der Waals surface area contributed by atoms with Crippen molar-refractivity contribution in [3.05, 3.63) is 82.8 Å². The third kappa shape index (κ3) is 3.66. The van der Waals surface area contributed by atoms with Crippen LogP contribution in [0.1, 0.15) is 18.1 Å². The predicted molar refractivity (Wildman–Crippen MR) is 113 cm³/mol. The van der Waals surface area contributed by atoms with Crippen molar-refractivity contribution < 1.29 is 14.3 Å². The molecule has 4 nitrogen and oxygen atoms in total. The molecule has 0 aliphatic carbocycles. The predicted octanol–water partition coefficient (Wildman–Crippen LogP) is 5.48. The minimum absolute atomic E-state index is 0.241. The highest BCUT2D eigenvalue weighted by molar-refractivity contribution is 8.18. The van der Waals surface area contributed by atoms with Crippen LogP contribution in [0.25, 0.3) is 16.8 Å². The molecule has 2 amide bonds. The zero-order chi connectivity index (χ0) is 19.5. The summed E-state index contributed by atoms with van der Waals surface area (Å²) < 4.78 is 5.43. The second-order valence-corrected chi connectivity index (χ2v) is 7.40. The van der Waals surface area contributed by atoms with E-state index >= 15 is 0 Å². The zero-order valence-corrected chi connectivity index (χ0v) is 16.2. The van der Waals surface area contributed by atoms with E-state index in [1.54, 1.807) is 6.08 Å². The topological polar surface area (TPSA) is 46.6 Å². The molecule has 0 aromatic heterocycles. The van der Waals surface area contributed by atoms with Gasteiger partial charge in [-0.3, -0.25) is 14.5 Å². The van der Waals surface area contributed by atoms with E-state index < -0.39 is 0 Å². The lowest BCUT2D eigenvalue weighted by Gasteiger charge is -2.14. The van der Waals surface area contributed by atoms with Gasteiger partial charge in [0.15, 0.2) is 0 Å². The van der Waals surface area contributed by atoms with Gasteiger partial charge in [-0.25, -0.2) is 0 Å². The quantitative estimate of drug-likeness (QED) is 0.543. The fourth-order valence-corrected chi connectivity index (χ4v) is 4.05. The first-order valence-electron chi connectivity index (χ1n) is 9.10. The SMILES string of the molecule is CCOc1ccc(/C=C2\SC(=O)N(Cc3cccc4ccccc34)C2=O)cc1. The van der Waals surface area contributed by atoms with Gasteiger partial charge in [-0.05, 0) is 58.8 Å². The summed E-state index contributed by atoms with van der Waals surface area (Å²) in [5.41, 5.74) is 1.82. The van der Waals surface area contributed by atoms with Crippen molar-refractivity contribution in [1.82, 2.24) is 4.90 Å². The van der Waals surface area contributed by atoms with Gasteiger partial charge < -0.3 is 4.74 Å². The van der Waals surface area contributed by atoms with Gasteiger partial charge in [0.1, 0.15) is 5.75 Å². The Morgan fingerprint density at radius 3 is 2.50 bits per heavy atom. The standard InChI is InChI=1S/C23H19NO3S/c1-2-27-19-12-10-16(11-13-19)14-21-22(25)24(23(26)28-21)15-18-8-5-7-17-6-3-4-9-20(17)18/h3-14H,2,15H2,1H3/b21-14-. The summed E-state index contributed by atoms with van der Waals surface area (Å²) in [6, 6.07) is 21.4. The normalized spacial score (nSPS) is 15.6. The number of benzene rings is 3. The monoisotopic (exact) mass is 389 g/mol. The number of hydrogen-bond donors (Lipinski definition) is 0. The summed E-state index contributed by atoms with van der Waals surface area (Å²) in [7, 11) is 0. The lowest BCUT2D eigenvalue weighted by atomic mass is 10.0. The molecule has 4 rings (SSSR count). The Hall–Kier alpha value is -3.05. The maximum Gasteiger partial charge on any atom is 0.293 e. The highest BCUT2D eigenvalue weighted by atomic mass is 32.2. The van der Waals surface area contributed by atoms with Crippen LogP contribution in [0, 0.1) is 0 Å². The van der Waals surface area contributed by atoms with Gasteiger partial charge in [0.05, 0.1) is 18.1 Å². The summed E-state index contributed by atoms with van der Waals surface area (Å²) in [4.78, 5) is 27.0. The van der Waals surface area contributed by atoms with E-state index in [1.807, 2.05) is 73.7 Å².